The lowest BCUT2D eigenvalue weighted by Crippen LogP contribution is -2.32. The number of carbonyl (C=O) groups is 2. The highest BCUT2D eigenvalue weighted by Crippen LogP contribution is 2.50. The first-order chi connectivity index (χ1) is 19.3. The third-order valence-electron chi connectivity index (χ3n) is 7.03. The van der Waals surface area contributed by atoms with Gasteiger partial charge in [0.1, 0.15) is 0 Å². The lowest BCUT2D eigenvalue weighted by atomic mass is 9.95. The number of fused-ring (bicyclic) bond motifs is 3. The molecule has 0 unspecified atom stereocenters. The van der Waals surface area contributed by atoms with E-state index in [0.29, 0.717) is 35.7 Å². The molecule has 0 aliphatic heterocycles. The Morgan fingerprint density at radius 3 is 2.35 bits per heavy atom. The van der Waals surface area contributed by atoms with Crippen LogP contribution in [0.3, 0.4) is 0 Å². The molecule has 1 aliphatic rings. The van der Waals surface area contributed by atoms with Crippen LogP contribution >= 0.6 is 0 Å². The van der Waals surface area contributed by atoms with Crippen LogP contribution in [0.5, 0.6) is 17.2 Å². The van der Waals surface area contributed by atoms with Crippen LogP contribution in [0, 0.1) is 0 Å². The minimum absolute atomic E-state index is 0.0822. The quantitative estimate of drug-likeness (QED) is 0.370. The molecular formula is C31H35N3O6. The van der Waals surface area contributed by atoms with Crippen molar-refractivity contribution in [2.24, 2.45) is 0 Å². The lowest BCUT2D eigenvalue weighted by Gasteiger charge is -2.19. The van der Waals surface area contributed by atoms with E-state index in [4.69, 9.17) is 14.2 Å². The summed E-state index contributed by atoms with van der Waals surface area (Å²) in [6.07, 6.45) is 1.17. The summed E-state index contributed by atoms with van der Waals surface area (Å²) in [6.45, 7) is 3.27. The second-order valence-electron chi connectivity index (χ2n) is 9.65. The molecule has 9 heteroatoms. The standard InChI is InChI=1S/C31H35N3O6/c1-18(20-9-7-6-8-10-20)33-28(37)17-32-25-14-12-22-23(16-26(25)36)24(34-19(2)35)13-11-21-15-27(38-3)30(39-4)31(40-5)29(21)22/h6-10,12,14-16,18,24H,11,13,17H2,1-5H3,(H,32,36)(H,33,37)(H,34,35)/t18-,24-/m0/s1. The molecule has 1 aliphatic carbocycles. The van der Waals surface area contributed by atoms with Crippen LogP contribution in [0.25, 0.3) is 11.1 Å². The van der Waals surface area contributed by atoms with E-state index in [0.717, 1.165) is 22.3 Å². The maximum Gasteiger partial charge on any atom is 0.239 e. The van der Waals surface area contributed by atoms with Crippen LogP contribution in [0.4, 0.5) is 5.69 Å². The molecule has 210 valence electrons. The van der Waals surface area contributed by atoms with Gasteiger partial charge in [0.25, 0.3) is 0 Å². The maximum absolute atomic E-state index is 13.4. The van der Waals surface area contributed by atoms with Gasteiger partial charge in [-0.05, 0) is 60.2 Å². The van der Waals surface area contributed by atoms with Crippen molar-refractivity contribution in [1.29, 1.82) is 0 Å². The summed E-state index contributed by atoms with van der Waals surface area (Å²) >= 11 is 0. The molecule has 0 aromatic heterocycles. The number of anilines is 1. The van der Waals surface area contributed by atoms with E-state index in [9.17, 15) is 14.4 Å². The van der Waals surface area contributed by atoms with Gasteiger partial charge in [-0.3, -0.25) is 14.4 Å². The SMILES string of the molecule is COc1cc2c(c(OC)c1OC)-c1ccc(NCC(=O)N[C@@H](C)c3ccccc3)c(=O)cc1[C@@H](NC(C)=O)CC2. The third-order valence-corrected chi connectivity index (χ3v) is 7.03. The largest absolute Gasteiger partial charge is 0.493 e. The van der Waals surface area contributed by atoms with E-state index in [-0.39, 0.29) is 35.5 Å². The van der Waals surface area contributed by atoms with Crippen LogP contribution < -0.4 is 35.6 Å². The van der Waals surface area contributed by atoms with Gasteiger partial charge in [-0.1, -0.05) is 36.4 Å². The molecule has 2 amide bonds. The Kier molecular flexibility index (Phi) is 8.93. The van der Waals surface area contributed by atoms with Crippen molar-refractivity contribution in [3.8, 4) is 28.4 Å². The maximum atomic E-state index is 13.4. The van der Waals surface area contributed by atoms with Gasteiger partial charge in [0.2, 0.25) is 23.0 Å². The van der Waals surface area contributed by atoms with Crippen molar-refractivity contribution in [3.05, 3.63) is 81.5 Å². The Bertz CT molecular complexity index is 1460. The molecule has 0 spiro atoms. The third kappa shape index (κ3) is 6.03. The molecule has 3 aromatic rings. The second kappa shape index (κ2) is 12.5. The molecule has 3 N–H and O–H groups in total. The molecule has 3 aromatic carbocycles. The summed E-state index contributed by atoms with van der Waals surface area (Å²) in [5, 5.41) is 8.92. The number of methoxy groups -OCH3 is 3. The molecule has 0 fully saturated rings. The Morgan fingerprint density at radius 1 is 0.975 bits per heavy atom. The second-order valence-corrected chi connectivity index (χ2v) is 9.65. The first-order valence-corrected chi connectivity index (χ1v) is 13.1. The smallest absolute Gasteiger partial charge is 0.239 e. The van der Waals surface area contributed by atoms with E-state index in [1.165, 1.54) is 20.1 Å². The first-order valence-electron chi connectivity index (χ1n) is 13.1. The molecule has 0 radical (unpaired) electrons. The van der Waals surface area contributed by atoms with Gasteiger partial charge >= 0.3 is 0 Å². The number of ether oxygens (including phenoxy) is 3. The van der Waals surface area contributed by atoms with Gasteiger partial charge < -0.3 is 30.2 Å². The summed E-state index contributed by atoms with van der Waals surface area (Å²) < 4.78 is 17.0. The Morgan fingerprint density at radius 2 is 1.70 bits per heavy atom. The zero-order valence-corrected chi connectivity index (χ0v) is 23.4. The summed E-state index contributed by atoms with van der Waals surface area (Å²) in [6, 6.07) is 16.0. The van der Waals surface area contributed by atoms with Crippen molar-refractivity contribution < 1.29 is 23.8 Å². The van der Waals surface area contributed by atoms with Crippen LogP contribution in [0.1, 0.15) is 49.0 Å². The predicted molar refractivity (Wildman–Crippen MR) is 154 cm³/mol. The molecule has 0 bridgehead atoms. The summed E-state index contributed by atoms with van der Waals surface area (Å²) in [4.78, 5) is 38.2. The molecule has 0 saturated heterocycles. The van der Waals surface area contributed by atoms with Crippen molar-refractivity contribution in [2.45, 2.75) is 38.8 Å². The zero-order valence-electron chi connectivity index (χ0n) is 23.4. The Balaban J connectivity index is 1.73. The highest BCUT2D eigenvalue weighted by Gasteiger charge is 2.29. The fourth-order valence-corrected chi connectivity index (χ4v) is 5.15. The van der Waals surface area contributed by atoms with Crippen LogP contribution in [-0.4, -0.2) is 39.7 Å². The first kappa shape index (κ1) is 28.5. The Hall–Kier alpha value is -4.53. The van der Waals surface area contributed by atoms with Crippen molar-refractivity contribution >= 4 is 17.5 Å². The van der Waals surface area contributed by atoms with Crippen LogP contribution in [0.15, 0.2) is 59.4 Å². The van der Waals surface area contributed by atoms with Gasteiger partial charge in [-0.15, -0.1) is 0 Å². The van der Waals surface area contributed by atoms with Gasteiger partial charge in [-0.2, -0.15) is 0 Å². The highest BCUT2D eigenvalue weighted by atomic mass is 16.5. The molecule has 2 atom stereocenters. The van der Waals surface area contributed by atoms with Gasteiger partial charge in [0.05, 0.1) is 45.6 Å². The van der Waals surface area contributed by atoms with Crippen molar-refractivity contribution in [3.63, 3.8) is 0 Å². The number of aryl methyl sites for hydroxylation is 1. The Labute approximate surface area is 233 Å². The minimum Gasteiger partial charge on any atom is -0.493 e. The fraction of sp³-hybridized carbons (Fsp3) is 0.323. The highest BCUT2D eigenvalue weighted by molar-refractivity contribution is 5.84. The molecular weight excluding hydrogens is 510 g/mol. The summed E-state index contributed by atoms with van der Waals surface area (Å²) in [5.74, 6) is 0.989. The molecule has 9 nitrogen and oxygen atoms in total. The zero-order chi connectivity index (χ0) is 28.8. The van der Waals surface area contributed by atoms with E-state index >= 15 is 0 Å². The number of hydrogen-bond donors (Lipinski definition) is 3. The number of amides is 2. The number of nitrogens with one attached hydrogen (secondary N) is 3. The van der Waals surface area contributed by atoms with Crippen LogP contribution in [-0.2, 0) is 16.0 Å². The molecule has 40 heavy (non-hydrogen) atoms. The number of hydrogen-bond acceptors (Lipinski definition) is 7. The molecule has 4 rings (SSSR count). The molecule has 0 saturated carbocycles. The van der Waals surface area contributed by atoms with E-state index in [2.05, 4.69) is 16.0 Å². The van der Waals surface area contributed by atoms with E-state index < -0.39 is 6.04 Å². The topological polar surface area (TPSA) is 115 Å². The van der Waals surface area contributed by atoms with E-state index in [1.54, 1.807) is 20.3 Å². The van der Waals surface area contributed by atoms with E-state index in [1.807, 2.05) is 49.4 Å². The van der Waals surface area contributed by atoms with Crippen molar-refractivity contribution in [2.75, 3.05) is 33.2 Å². The summed E-state index contributed by atoms with van der Waals surface area (Å²) in [5.41, 5.74) is 4.02. The van der Waals surface area contributed by atoms with Crippen molar-refractivity contribution in [1.82, 2.24) is 10.6 Å². The number of carbonyl (C=O) groups excluding carboxylic acids is 2. The van der Waals surface area contributed by atoms with Gasteiger partial charge in [0.15, 0.2) is 11.5 Å². The molecule has 0 heterocycles. The van der Waals surface area contributed by atoms with Gasteiger partial charge in [-0.25, -0.2) is 0 Å². The number of benzene rings is 2. The number of rotatable bonds is 9. The monoisotopic (exact) mass is 545 g/mol. The average Bonchev–Trinajstić information content (AvgIpc) is 3.19. The average molecular weight is 546 g/mol. The lowest BCUT2D eigenvalue weighted by molar-refractivity contribution is -0.120. The summed E-state index contributed by atoms with van der Waals surface area (Å²) in [7, 11) is 4.65. The minimum atomic E-state index is -0.412. The van der Waals surface area contributed by atoms with Gasteiger partial charge in [0, 0.05) is 12.5 Å². The normalized spacial score (nSPS) is 14.5. The predicted octanol–water partition coefficient (Wildman–Crippen LogP) is 4.15. The van der Waals surface area contributed by atoms with Crippen LogP contribution in [0.2, 0.25) is 0 Å². The fourth-order valence-electron chi connectivity index (χ4n) is 5.15.